The third-order valence-electron chi connectivity index (χ3n) is 2.99. The van der Waals surface area contributed by atoms with E-state index >= 15 is 0 Å². The van der Waals surface area contributed by atoms with Crippen LogP contribution in [0.5, 0.6) is 0 Å². The van der Waals surface area contributed by atoms with E-state index < -0.39 is 5.91 Å². The van der Waals surface area contributed by atoms with Crippen molar-refractivity contribution in [2.45, 2.75) is 13.3 Å². The number of aryl methyl sites for hydroxylation is 1. The van der Waals surface area contributed by atoms with E-state index in [1.54, 1.807) is 18.2 Å². The van der Waals surface area contributed by atoms with Crippen LogP contribution in [0.2, 0.25) is 0 Å². The van der Waals surface area contributed by atoms with Gasteiger partial charge in [0.1, 0.15) is 0 Å². The van der Waals surface area contributed by atoms with Crippen LogP contribution in [0.15, 0.2) is 42.5 Å². The van der Waals surface area contributed by atoms with Crippen molar-refractivity contribution in [3.8, 4) is 0 Å². The van der Waals surface area contributed by atoms with Crippen LogP contribution in [0.25, 0.3) is 0 Å². The molecule has 0 aliphatic carbocycles. The number of hydrogen-bond donors (Lipinski definition) is 3. The number of nitrogen functional groups attached to an aromatic ring is 1. The largest absolute Gasteiger partial charge is 0.397 e. The standard InChI is InChI=1S/C15H17N3O/c1-2-10-6-8-11(9-7-10)18-14-12(15(17)19)4-3-5-13(14)16/h3-9,18H,2,16H2,1H3,(H2,17,19). The highest BCUT2D eigenvalue weighted by atomic mass is 16.1. The average Bonchev–Trinajstić information content (AvgIpc) is 2.41. The number of hydrogen-bond acceptors (Lipinski definition) is 3. The number of amides is 1. The summed E-state index contributed by atoms with van der Waals surface area (Å²) in [6.07, 6.45) is 0.986. The van der Waals surface area contributed by atoms with Crippen LogP contribution in [0.1, 0.15) is 22.8 Å². The molecular weight excluding hydrogens is 238 g/mol. The van der Waals surface area contributed by atoms with Crippen molar-refractivity contribution in [3.05, 3.63) is 53.6 Å². The topological polar surface area (TPSA) is 81.1 Å². The molecule has 98 valence electrons. The molecule has 0 aliphatic rings. The third kappa shape index (κ3) is 2.85. The van der Waals surface area contributed by atoms with Gasteiger partial charge in [0.15, 0.2) is 0 Å². The Morgan fingerprint density at radius 2 is 1.84 bits per heavy atom. The van der Waals surface area contributed by atoms with Crippen LogP contribution >= 0.6 is 0 Å². The van der Waals surface area contributed by atoms with Gasteiger partial charge in [0.25, 0.3) is 5.91 Å². The highest BCUT2D eigenvalue weighted by Gasteiger charge is 2.10. The molecule has 0 unspecified atom stereocenters. The van der Waals surface area contributed by atoms with Gasteiger partial charge in [0.2, 0.25) is 0 Å². The van der Waals surface area contributed by atoms with E-state index in [1.807, 2.05) is 24.3 Å². The summed E-state index contributed by atoms with van der Waals surface area (Å²) in [7, 11) is 0. The highest BCUT2D eigenvalue weighted by Crippen LogP contribution is 2.27. The predicted octanol–water partition coefficient (Wildman–Crippen LogP) is 2.67. The summed E-state index contributed by atoms with van der Waals surface area (Å²) < 4.78 is 0. The van der Waals surface area contributed by atoms with Crippen LogP contribution in [0.4, 0.5) is 17.1 Å². The fourth-order valence-electron chi connectivity index (χ4n) is 1.88. The Balaban J connectivity index is 2.34. The van der Waals surface area contributed by atoms with Crippen LogP contribution in [-0.4, -0.2) is 5.91 Å². The molecule has 0 fully saturated rings. The van der Waals surface area contributed by atoms with Crippen molar-refractivity contribution in [1.29, 1.82) is 0 Å². The molecule has 2 aromatic carbocycles. The van der Waals surface area contributed by atoms with Gasteiger partial charge in [-0.1, -0.05) is 25.1 Å². The van der Waals surface area contributed by atoms with Gasteiger partial charge in [-0.05, 0) is 36.2 Å². The summed E-state index contributed by atoms with van der Waals surface area (Å²) in [5, 5.41) is 3.15. The Labute approximate surface area is 112 Å². The Bertz CT molecular complexity index is 591. The molecule has 4 heteroatoms. The van der Waals surface area contributed by atoms with Crippen molar-refractivity contribution in [3.63, 3.8) is 0 Å². The molecule has 2 aromatic rings. The van der Waals surface area contributed by atoms with Crippen molar-refractivity contribution in [2.24, 2.45) is 5.73 Å². The summed E-state index contributed by atoms with van der Waals surface area (Å²) >= 11 is 0. The van der Waals surface area contributed by atoms with Gasteiger partial charge in [-0.2, -0.15) is 0 Å². The SMILES string of the molecule is CCc1ccc(Nc2c(N)cccc2C(N)=O)cc1. The smallest absolute Gasteiger partial charge is 0.250 e. The Morgan fingerprint density at radius 1 is 1.16 bits per heavy atom. The third-order valence-corrected chi connectivity index (χ3v) is 2.99. The van der Waals surface area contributed by atoms with Gasteiger partial charge in [0, 0.05) is 5.69 Å². The molecule has 2 rings (SSSR count). The molecule has 0 atom stereocenters. The maximum atomic E-state index is 11.4. The average molecular weight is 255 g/mol. The quantitative estimate of drug-likeness (QED) is 0.735. The van der Waals surface area contributed by atoms with E-state index in [9.17, 15) is 4.79 Å². The normalized spacial score (nSPS) is 10.2. The molecular formula is C15H17N3O. The molecule has 0 bridgehead atoms. The molecule has 0 saturated carbocycles. The van der Waals surface area contributed by atoms with Gasteiger partial charge < -0.3 is 16.8 Å². The summed E-state index contributed by atoms with van der Waals surface area (Å²) in [6.45, 7) is 2.10. The molecule has 0 heterocycles. The first kappa shape index (κ1) is 13.0. The zero-order valence-electron chi connectivity index (χ0n) is 10.8. The van der Waals surface area contributed by atoms with Gasteiger partial charge in [-0.25, -0.2) is 0 Å². The minimum absolute atomic E-state index is 0.388. The van der Waals surface area contributed by atoms with E-state index in [-0.39, 0.29) is 0 Å². The fourth-order valence-corrected chi connectivity index (χ4v) is 1.88. The van der Waals surface area contributed by atoms with Crippen LogP contribution < -0.4 is 16.8 Å². The number of para-hydroxylation sites is 1. The Morgan fingerprint density at radius 3 is 2.42 bits per heavy atom. The van der Waals surface area contributed by atoms with Gasteiger partial charge in [-0.15, -0.1) is 0 Å². The highest BCUT2D eigenvalue weighted by molar-refractivity contribution is 6.02. The summed E-state index contributed by atoms with van der Waals surface area (Å²) in [4.78, 5) is 11.4. The van der Waals surface area contributed by atoms with Crippen molar-refractivity contribution in [1.82, 2.24) is 0 Å². The first-order chi connectivity index (χ1) is 9.11. The number of nitrogens with one attached hydrogen (secondary N) is 1. The molecule has 1 amide bonds. The molecule has 5 N–H and O–H groups in total. The number of nitrogens with two attached hydrogens (primary N) is 2. The predicted molar refractivity (Wildman–Crippen MR) is 78.5 cm³/mol. The molecule has 0 aliphatic heterocycles. The van der Waals surface area contributed by atoms with Crippen LogP contribution in [0.3, 0.4) is 0 Å². The lowest BCUT2D eigenvalue weighted by Crippen LogP contribution is -2.14. The molecule has 19 heavy (non-hydrogen) atoms. The van der Waals surface area contributed by atoms with E-state index in [2.05, 4.69) is 12.2 Å². The number of benzene rings is 2. The fraction of sp³-hybridized carbons (Fsp3) is 0.133. The molecule has 0 aromatic heterocycles. The minimum atomic E-state index is -0.500. The Kier molecular flexibility index (Phi) is 3.71. The molecule has 0 saturated heterocycles. The Hall–Kier alpha value is -2.49. The summed E-state index contributed by atoms with van der Waals surface area (Å²) in [5.41, 5.74) is 14.8. The van der Waals surface area contributed by atoms with Crippen LogP contribution in [-0.2, 0) is 6.42 Å². The second kappa shape index (κ2) is 5.44. The van der Waals surface area contributed by atoms with Gasteiger partial charge in [-0.3, -0.25) is 4.79 Å². The number of carbonyl (C=O) groups excluding carboxylic acids is 1. The number of rotatable bonds is 4. The minimum Gasteiger partial charge on any atom is -0.397 e. The second-order valence-electron chi connectivity index (χ2n) is 4.31. The lowest BCUT2D eigenvalue weighted by Gasteiger charge is -2.13. The van der Waals surface area contributed by atoms with Crippen LogP contribution in [0, 0.1) is 0 Å². The molecule has 0 spiro atoms. The van der Waals surface area contributed by atoms with Crippen molar-refractivity contribution in [2.75, 3.05) is 11.1 Å². The van der Waals surface area contributed by atoms with E-state index in [1.165, 1.54) is 5.56 Å². The van der Waals surface area contributed by atoms with Gasteiger partial charge >= 0.3 is 0 Å². The second-order valence-corrected chi connectivity index (χ2v) is 4.31. The van der Waals surface area contributed by atoms with Crippen molar-refractivity contribution >= 4 is 23.0 Å². The monoisotopic (exact) mass is 255 g/mol. The lowest BCUT2D eigenvalue weighted by atomic mass is 10.1. The number of anilines is 3. The maximum Gasteiger partial charge on any atom is 0.250 e. The number of carbonyl (C=O) groups is 1. The van der Waals surface area contributed by atoms with Crippen molar-refractivity contribution < 1.29 is 4.79 Å². The lowest BCUT2D eigenvalue weighted by molar-refractivity contribution is 0.100. The number of primary amides is 1. The van der Waals surface area contributed by atoms with E-state index in [0.717, 1.165) is 12.1 Å². The zero-order chi connectivity index (χ0) is 13.8. The summed E-state index contributed by atoms with van der Waals surface area (Å²) in [5.74, 6) is -0.500. The molecule has 4 nitrogen and oxygen atoms in total. The van der Waals surface area contributed by atoms with Gasteiger partial charge in [0.05, 0.1) is 16.9 Å². The van der Waals surface area contributed by atoms with E-state index in [0.29, 0.717) is 16.9 Å². The molecule has 0 radical (unpaired) electrons. The zero-order valence-corrected chi connectivity index (χ0v) is 10.8. The first-order valence-electron chi connectivity index (χ1n) is 6.16. The van der Waals surface area contributed by atoms with E-state index in [4.69, 9.17) is 11.5 Å². The summed E-state index contributed by atoms with van der Waals surface area (Å²) in [6, 6.07) is 13.1. The first-order valence-corrected chi connectivity index (χ1v) is 6.16. The maximum absolute atomic E-state index is 11.4.